The highest BCUT2D eigenvalue weighted by Crippen LogP contribution is 2.37. The quantitative estimate of drug-likeness (QED) is 0.382. The van der Waals surface area contributed by atoms with E-state index in [1.165, 1.54) is 10.1 Å². The molecule has 2 N–H and O–H groups in total. The number of hydrogen-bond acceptors (Lipinski definition) is 5. The Balaban J connectivity index is 1.54. The van der Waals surface area contributed by atoms with Crippen molar-refractivity contribution < 1.29 is 9.90 Å². The van der Waals surface area contributed by atoms with Crippen LogP contribution in [-0.4, -0.2) is 25.4 Å². The van der Waals surface area contributed by atoms with Crippen LogP contribution in [0.3, 0.4) is 0 Å². The van der Waals surface area contributed by atoms with Crippen LogP contribution in [0.1, 0.15) is 54.7 Å². The number of nitrogens with one attached hydrogen (secondary N) is 1. The van der Waals surface area contributed by atoms with Gasteiger partial charge in [0.1, 0.15) is 5.69 Å². The molecule has 196 valence electrons. The van der Waals surface area contributed by atoms with Crippen molar-refractivity contribution in [2.75, 3.05) is 10.2 Å². The van der Waals surface area contributed by atoms with Crippen LogP contribution in [0.15, 0.2) is 65.7 Å². The van der Waals surface area contributed by atoms with E-state index in [9.17, 15) is 14.7 Å². The van der Waals surface area contributed by atoms with E-state index in [0.29, 0.717) is 34.9 Å². The van der Waals surface area contributed by atoms with Crippen molar-refractivity contribution in [1.82, 2.24) is 14.3 Å². The van der Waals surface area contributed by atoms with Gasteiger partial charge in [-0.3, -0.25) is 14.3 Å². The highest BCUT2D eigenvalue weighted by molar-refractivity contribution is 6.10. The highest BCUT2D eigenvalue weighted by Gasteiger charge is 2.31. The molecule has 2 aromatic heterocycles. The lowest BCUT2D eigenvalue weighted by Gasteiger charge is -2.22. The van der Waals surface area contributed by atoms with Crippen molar-refractivity contribution in [3.8, 4) is 11.1 Å². The first-order valence-electron chi connectivity index (χ1n) is 12.8. The highest BCUT2D eigenvalue weighted by atomic mass is 16.3. The maximum atomic E-state index is 13.4. The summed E-state index contributed by atoms with van der Waals surface area (Å²) < 4.78 is 3.28. The number of aliphatic hydroxyl groups excluding tert-OH is 1. The molecule has 0 saturated carbocycles. The van der Waals surface area contributed by atoms with Crippen LogP contribution < -0.4 is 15.8 Å². The van der Waals surface area contributed by atoms with Gasteiger partial charge >= 0.3 is 0 Å². The Kier molecular flexibility index (Phi) is 6.44. The van der Waals surface area contributed by atoms with Gasteiger partial charge in [0, 0.05) is 48.7 Å². The number of aromatic nitrogens is 3. The molecule has 0 saturated heterocycles. The number of pyridine rings is 1. The first-order valence-corrected chi connectivity index (χ1v) is 12.8. The first kappa shape index (κ1) is 25.5. The van der Waals surface area contributed by atoms with Crippen molar-refractivity contribution in [2.45, 2.75) is 52.8 Å². The molecule has 5 rings (SSSR count). The largest absolute Gasteiger partial charge is 0.392 e. The Labute approximate surface area is 222 Å². The molecule has 1 aliphatic heterocycles. The van der Waals surface area contributed by atoms with Crippen molar-refractivity contribution in [2.24, 2.45) is 7.05 Å². The minimum Gasteiger partial charge on any atom is -0.392 e. The van der Waals surface area contributed by atoms with Crippen molar-refractivity contribution in [1.29, 1.82) is 0 Å². The van der Waals surface area contributed by atoms with E-state index in [2.05, 4.69) is 37.3 Å². The lowest BCUT2D eigenvalue weighted by molar-refractivity contribution is 0.0996. The predicted molar refractivity (Wildman–Crippen MR) is 150 cm³/mol. The van der Waals surface area contributed by atoms with Crippen LogP contribution in [0.2, 0.25) is 0 Å². The number of fused-ring (bicyclic) bond motifs is 1. The van der Waals surface area contributed by atoms with E-state index in [0.717, 1.165) is 23.2 Å². The van der Waals surface area contributed by atoms with Gasteiger partial charge in [0.05, 0.1) is 18.8 Å². The zero-order valence-corrected chi connectivity index (χ0v) is 22.4. The average molecular weight is 512 g/mol. The number of benzene rings is 2. The molecule has 38 heavy (non-hydrogen) atoms. The Hall–Kier alpha value is -4.17. The monoisotopic (exact) mass is 511 g/mol. The predicted octanol–water partition coefficient (Wildman–Crippen LogP) is 4.96. The topological polar surface area (TPSA) is 92.4 Å². The van der Waals surface area contributed by atoms with E-state index >= 15 is 0 Å². The standard InChI is InChI=1S/C30H33N5O3/c1-6-34-13-12-27(32-34)31-25-15-20(16-33(5)29(25)38)22-8-7-9-26(24(22)18-36)35-17-19-14-21(30(2,3)4)10-11-23(19)28(35)37/h7-16,36H,6,17-18H2,1-5H3,(H,31,32). The second kappa shape index (κ2) is 9.61. The summed E-state index contributed by atoms with van der Waals surface area (Å²) in [5.41, 5.74) is 5.79. The van der Waals surface area contributed by atoms with E-state index in [4.69, 9.17) is 0 Å². The summed E-state index contributed by atoms with van der Waals surface area (Å²) in [7, 11) is 1.69. The summed E-state index contributed by atoms with van der Waals surface area (Å²) in [6.07, 6.45) is 3.59. The number of anilines is 3. The number of aliphatic hydroxyl groups is 1. The van der Waals surface area contributed by atoms with Crippen LogP contribution in [0.25, 0.3) is 11.1 Å². The fourth-order valence-electron chi connectivity index (χ4n) is 4.94. The Morgan fingerprint density at radius 2 is 1.84 bits per heavy atom. The number of nitrogens with zero attached hydrogens (tertiary/aromatic N) is 4. The van der Waals surface area contributed by atoms with Crippen LogP contribution >= 0.6 is 0 Å². The second-order valence-electron chi connectivity index (χ2n) is 10.7. The van der Waals surface area contributed by atoms with Crippen LogP contribution in [0, 0.1) is 0 Å². The molecular weight excluding hydrogens is 478 g/mol. The number of hydrogen-bond donors (Lipinski definition) is 2. The normalized spacial score (nSPS) is 13.2. The molecule has 0 fully saturated rings. The maximum Gasteiger partial charge on any atom is 0.274 e. The molecule has 0 unspecified atom stereocenters. The van der Waals surface area contributed by atoms with E-state index < -0.39 is 0 Å². The van der Waals surface area contributed by atoms with Gasteiger partial charge in [-0.15, -0.1) is 0 Å². The lowest BCUT2D eigenvalue weighted by atomic mass is 9.85. The summed E-state index contributed by atoms with van der Waals surface area (Å²) in [5, 5.41) is 18.0. The molecule has 0 bridgehead atoms. The Morgan fingerprint density at radius 3 is 2.53 bits per heavy atom. The van der Waals surface area contributed by atoms with Gasteiger partial charge in [-0.1, -0.05) is 45.0 Å². The van der Waals surface area contributed by atoms with Crippen LogP contribution in [0.5, 0.6) is 0 Å². The summed E-state index contributed by atoms with van der Waals surface area (Å²) in [6.45, 7) is 9.36. The molecule has 3 heterocycles. The summed E-state index contributed by atoms with van der Waals surface area (Å²) in [6, 6.07) is 15.3. The third-order valence-corrected chi connectivity index (χ3v) is 7.10. The Bertz CT molecular complexity index is 1590. The molecule has 1 amide bonds. The number of carbonyl (C=O) groups excluding carboxylic acids is 1. The minimum atomic E-state index is -0.259. The van der Waals surface area contributed by atoms with Crippen molar-refractivity contribution >= 4 is 23.1 Å². The summed E-state index contributed by atoms with van der Waals surface area (Å²) in [5.74, 6) is 0.494. The number of aryl methyl sites for hydroxylation is 2. The van der Waals surface area contributed by atoms with Gasteiger partial charge in [0.25, 0.3) is 11.5 Å². The van der Waals surface area contributed by atoms with Gasteiger partial charge in [-0.25, -0.2) is 0 Å². The van der Waals surface area contributed by atoms with Gasteiger partial charge in [0.15, 0.2) is 5.82 Å². The number of carbonyl (C=O) groups is 1. The molecule has 0 atom stereocenters. The van der Waals surface area contributed by atoms with Gasteiger partial charge in [-0.2, -0.15) is 5.10 Å². The molecule has 0 spiro atoms. The van der Waals surface area contributed by atoms with Gasteiger partial charge in [-0.05, 0) is 47.2 Å². The molecular formula is C30H33N5O3. The first-order chi connectivity index (χ1) is 18.1. The zero-order chi connectivity index (χ0) is 27.2. The third-order valence-electron chi connectivity index (χ3n) is 7.10. The lowest BCUT2D eigenvalue weighted by Crippen LogP contribution is -2.24. The number of rotatable bonds is 6. The minimum absolute atomic E-state index is 0.0225. The third kappa shape index (κ3) is 4.52. The van der Waals surface area contributed by atoms with Gasteiger partial charge < -0.3 is 19.9 Å². The molecule has 8 heteroatoms. The maximum absolute atomic E-state index is 13.4. The zero-order valence-electron chi connectivity index (χ0n) is 22.4. The van der Waals surface area contributed by atoms with Crippen LogP contribution in [-0.2, 0) is 32.2 Å². The fourth-order valence-corrected chi connectivity index (χ4v) is 4.94. The molecule has 1 aliphatic rings. The van der Waals surface area contributed by atoms with E-state index in [-0.39, 0.29) is 23.5 Å². The average Bonchev–Trinajstić information content (AvgIpc) is 3.49. The SMILES string of the molecule is CCn1ccc(Nc2cc(-c3cccc(N4Cc5cc(C(C)(C)C)ccc5C4=O)c3CO)cn(C)c2=O)n1. The van der Waals surface area contributed by atoms with E-state index in [1.807, 2.05) is 49.5 Å². The molecule has 8 nitrogen and oxygen atoms in total. The van der Waals surface area contributed by atoms with Gasteiger partial charge in [0.2, 0.25) is 0 Å². The van der Waals surface area contributed by atoms with Crippen LogP contribution in [0.4, 0.5) is 17.2 Å². The van der Waals surface area contributed by atoms with Crippen molar-refractivity contribution in [3.63, 3.8) is 0 Å². The van der Waals surface area contributed by atoms with Crippen molar-refractivity contribution in [3.05, 3.63) is 93.5 Å². The molecule has 0 aliphatic carbocycles. The summed E-state index contributed by atoms with van der Waals surface area (Å²) >= 11 is 0. The molecule has 0 radical (unpaired) electrons. The smallest absolute Gasteiger partial charge is 0.274 e. The Morgan fingerprint density at radius 1 is 1.05 bits per heavy atom. The molecule has 4 aromatic rings. The van der Waals surface area contributed by atoms with E-state index in [1.54, 1.807) is 28.9 Å². The fraction of sp³-hybridized carbons (Fsp3) is 0.300. The number of amides is 1. The summed E-state index contributed by atoms with van der Waals surface area (Å²) in [4.78, 5) is 28.1. The second-order valence-corrected chi connectivity index (χ2v) is 10.7. The molecule has 2 aromatic carbocycles.